The van der Waals surface area contributed by atoms with Crippen LogP contribution in [0.4, 0.5) is 45.5 Å². The van der Waals surface area contributed by atoms with E-state index < -0.39 is 0 Å². The summed E-state index contributed by atoms with van der Waals surface area (Å²) in [5, 5.41) is 0. The van der Waals surface area contributed by atoms with E-state index in [4.69, 9.17) is 100 Å². The van der Waals surface area contributed by atoms with E-state index in [1.165, 1.54) is 22.3 Å². The minimum Gasteiger partial charge on any atom is 2.00 e. The number of pyridine rings is 4. The van der Waals surface area contributed by atoms with Crippen molar-refractivity contribution in [2.75, 3.05) is 0 Å². The summed E-state index contributed by atoms with van der Waals surface area (Å²) < 4.78 is 7.82. The van der Waals surface area contributed by atoms with Gasteiger partial charge in [-0.05, 0) is 404 Å². The number of aromatic nitrogens is 4. The Bertz CT molecular complexity index is 5060. The SMILES string of the molecule is CC(=Nc1c(C)cccc1Br)c1cccc(C(C)=Nc2c(C)cccc2Br)n1.CC(=Nc1c(C)cccc1Br)c1cccc(C(C)=Nc2c(C)cccc2Br)n1.CC(=Nc1ccc(C)cc1Br)c1cccc(C(C)=Nc2ccc(C)cc2Br)n1.CC(=Nc1ccc(C)cc1Br)c1cccc(C(C)=Nc2ccc(C)cc2Br)n1.[CH3-].[CH3-].[CH3-].[CH3-].[Cl][Fe][Cl].[Cl][Fe][Cl].[Fe+2].[Fe+2]. The molecule has 0 saturated heterocycles. The molecule has 124 heavy (non-hydrogen) atoms. The maximum atomic E-state index is 4.80. The molecular weight excluding hydrogens is 2330 g/mol. The van der Waals surface area contributed by atoms with Crippen LogP contribution in [0.25, 0.3) is 0 Å². The molecule has 12 rings (SSSR count). The van der Waals surface area contributed by atoms with Gasteiger partial charge >= 0.3 is 101 Å². The van der Waals surface area contributed by atoms with Gasteiger partial charge in [0.2, 0.25) is 0 Å². The van der Waals surface area contributed by atoms with Gasteiger partial charge < -0.3 is 29.7 Å². The van der Waals surface area contributed by atoms with Gasteiger partial charge in [0.25, 0.3) is 0 Å². The van der Waals surface area contributed by atoms with Crippen LogP contribution in [0.5, 0.6) is 0 Å². The molecule has 0 amide bonds. The van der Waals surface area contributed by atoms with Gasteiger partial charge in [0, 0.05) is 35.8 Å². The molecule has 12 aromatic rings. The van der Waals surface area contributed by atoms with Gasteiger partial charge in [0.1, 0.15) is 0 Å². The molecular formula is C96H96Br8Cl4Fe4N12. The van der Waals surface area contributed by atoms with Crippen molar-refractivity contribution in [1.82, 2.24) is 19.9 Å². The van der Waals surface area contributed by atoms with E-state index in [1.807, 2.05) is 201 Å². The second-order valence-electron chi connectivity index (χ2n) is 26.8. The summed E-state index contributed by atoms with van der Waals surface area (Å²) in [5.74, 6) is 0. The van der Waals surface area contributed by atoms with Gasteiger partial charge in [-0.2, -0.15) is 0 Å². The van der Waals surface area contributed by atoms with Crippen molar-refractivity contribution in [2.24, 2.45) is 39.9 Å². The number of aryl methyl sites for hydroxylation is 8. The summed E-state index contributed by atoms with van der Waals surface area (Å²) in [6, 6.07) is 72.5. The summed E-state index contributed by atoms with van der Waals surface area (Å²) in [5.41, 5.74) is 30.1. The predicted octanol–water partition coefficient (Wildman–Crippen LogP) is 34.6. The van der Waals surface area contributed by atoms with Crippen molar-refractivity contribution in [2.45, 2.75) is 111 Å². The van der Waals surface area contributed by atoms with E-state index in [1.54, 1.807) is 0 Å². The maximum Gasteiger partial charge on any atom is 2.00 e. The summed E-state index contributed by atoms with van der Waals surface area (Å²) in [6.07, 6.45) is 0. The zero-order valence-electron chi connectivity index (χ0n) is 72.1. The summed E-state index contributed by atoms with van der Waals surface area (Å²) in [6.45, 7) is 32.3. The number of aliphatic imine (C=N–C) groups is 8. The monoisotopic (exact) mass is 2410 g/mol. The molecule has 0 spiro atoms. The number of para-hydroxylation sites is 4. The standard InChI is InChI=1S/4C23H21Br2N3.4CH3.4ClH.4Fe/c2*1-14-8-5-10-18(24)22(14)26-16(3)20-12-7-13-21(28-20)17(4)27-23-15(2)9-6-11-19(23)25;2*1-14-8-10-22(18(24)12-14)26-16(3)20-6-5-7-21(28-20)17(4)27-23-11-9-15(2)13-19(23)25;;;;;;;;;;;;/h4*5-13H,1-4H3;4*1H3;4*1H;;;;/q;;;;4*-1;;;;;4*+2/p-4. The van der Waals surface area contributed by atoms with E-state index in [0.29, 0.717) is 0 Å². The summed E-state index contributed by atoms with van der Waals surface area (Å²) in [4.78, 5) is 57.3. The Balaban J connectivity index is 0.000000795. The van der Waals surface area contributed by atoms with E-state index >= 15 is 0 Å². The summed E-state index contributed by atoms with van der Waals surface area (Å²) >= 11 is 29.1. The molecule has 0 atom stereocenters. The molecule has 4 aromatic heterocycles. The smallest absolute Gasteiger partial charge is 2.00 e. The van der Waals surface area contributed by atoms with Crippen molar-refractivity contribution < 1.29 is 60.4 Å². The molecule has 0 unspecified atom stereocenters. The van der Waals surface area contributed by atoms with Crippen molar-refractivity contribution in [3.05, 3.63) is 374 Å². The van der Waals surface area contributed by atoms with Crippen LogP contribution in [0.2, 0.25) is 0 Å². The minimum atomic E-state index is 0. The second kappa shape index (κ2) is 59.2. The Morgan fingerprint density at radius 2 is 0.371 bits per heavy atom. The Labute approximate surface area is 853 Å². The van der Waals surface area contributed by atoms with E-state index in [9.17, 15) is 0 Å². The third kappa shape index (κ3) is 36.6. The molecule has 12 nitrogen and oxygen atoms in total. The van der Waals surface area contributed by atoms with E-state index in [0.717, 1.165) is 195 Å². The third-order valence-corrected chi connectivity index (χ3v) is 22.5. The maximum absolute atomic E-state index is 4.80. The topological polar surface area (TPSA) is 150 Å². The molecule has 0 aliphatic carbocycles. The first-order chi connectivity index (χ1) is 56.2. The molecule has 0 N–H and O–H groups in total. The molecule has 4 heterocycles. The minimum absolute atomic E-state index is 0. The zero-order chi connectivity index (χ0) is 86.4. The second-order valence-corrected chi connectivity index (χ2v) is 37.2. The number of hydrogen-bond donors (Lipinski definition) is 0. The normalized spacial score (nSPS) is 11.5. The largest absolute Gasteiger partial charge is 2.00 e. The average Bonchev–Trinajstić information content (AvgIpc) is 0.836. The third-order valence-electron chi connectivity index (χ3n) is 17.4. The van der Waals surface area contributed by atoms with Crippen LogP contribution in [0.3, 0.4) is 0 Å². The van der Waals surface area contributed by atoms with Crippen LogP contribution in [0.1, 0.15) is 145 Å². The van der Waals surface area contributed by atoms with Crippen LogP contribution in [0.15, 0.2) is 294 Å². The molecule has 0 saturated carbocycles. The molecule has 656 valence electrons. The molecule has 0 fully saturated rings. The van der Waals surface area contributed by atoms with Gasteiger partial charge in [-0.3, -0.25) is 39.9 Å². The quantitative estimate of drug-likeness (QED) is 0.0537. The Kier molecular flexibility index (Phi) is 55.7. The van der Waals surface area contributed by atoms with Crippen LogP contribution in [0, 0.1) is 85.1 Å². The van der Waals surface area contributed by atoms with Gasteiger partial charge in [-0.15, -0.1) is 0 Å². The van der Waals surface area contributed by atoms with Crippen LogP contribution in [-0.2, 0) is 60.4 Å². The number of hydrogen-bond acceptors (Lipinski definition) is 12. The zero-order valence-corrected chi connectivity index (χ0v) is 92.2. The van der Waals surface area contributed by atoms with Gasteiger partial charge in [0.15, 0.2) is 0 Å². The fourth-order valence-electron chi connectivity index (χ4n) is 11.1. The number of nitrogens with zero attached hydrogens (tertiary/aromatic N) is 12. The van der Waals surface area contributed by atoms with Crippen molar-refractivity contribution in [3.8, 4) is 0 Å². The van der Waals surface area contributed by atoms with Gasteiger partial charge in [-0.1, -0.05) is 97.1 Å². The Morgan fingerprint density at radius 1 is 0.226 bits per heavy atom. The van der Waals surface area contributed by atoms with Crippen molar-refractivity contribution in [3.63, 3.8) is 0 Å². The molecule has 0 radical (unpaired) electrons. The van der Waals surface area contributed by atoms with Gasteiger partial charge in [-0.25, -0.2) is 19.9 Å². The van der Waals surface area contributed by atoms with Crippen LogP contribution in [-0.4, -0.2) is 65.6 Å². The molecule has 0 aliphatic heterocycles. The first kappa shape index (κ1) is 117. The van der Waals surface area contributed by atoms with Gasteiger partial charge in [0.05, 0.1) is 137 Å². The number of rotatable bonds is 16. The fraction of sp³-hybridized carbons (Fsp3) is 0.167. The number of benzene rings is 8. The van der Waals surface area contributed by atoms with Crippen LogP contribution < -0.4 is 0 Å². The average molecular weight is 2420 g/mol. The van der Waals surface area contributed by atoms with E-state index in [-0.39, 0.29) is 90.1 Å². The van der Waals surface area contributed by atoms with Crippen LogP contribution >= 0.6 is 168 Å². The predicted molar refractivity (Wildman–Crippen MR) is 552 cm³/mol. The molecule has 28 heteroatoms. The molecule has 0 bridgehead atoms. The van der Waals surface area contributed by atoms with E-state index in [2.05, 4.69) is 256 Å². The fourth-order valence-corrected chi connectivity index (χ4v) is 15.6. The Morgan fingerprint density at radius 3 is 0.516 bits per heavy atom. The van der Waals surface area contributed by atoms with Crippen molar-refractivity contribution in [1.29, 1.82) is 0 Å². The first-order valence-corrected chi connectivity index (χ1v) is 48.7. The van der Waals surface area contributed by atoms with Crippen molar-refractivity contribution >= 4 is 259 Å². The summed E-state index contributed by atoms with van der Waals surface area (Å²) in [7, 11) is 19.1. The first-order valence-electron chi connectivity index (χ1n) is 36.3. The molecule has 8 aromatic carbocycles. The molecule has 0 aliphatic rings. The Hall–Kier alpha value is -5.20. The number of halogens is 12.